The molecule has 0 saturated carbocycles. The van der Waals surface area contributed by atoms with Gasteiger partial charge in [0.15, 0.2) is 5.75 Å². The number of hydrogen-bond donors (Lipinski definition) is 2. The van der Waals surface area contributed by atoms with E-state index in [9.17, 15) is 17.7 Å². The molecule has 0 aliphatic carbocycles. The Kier molecular flexibility index (Phi) is 3.99. The normalized spacial score (nSPS) is 13.3. The number of alkyl halides is 3. The smallest absolute Gasteiger partial charge is 0.416 e. The van der Waals surface area contributed by atoms with Crippen LogP contribution in [0.2, 0.25) is 0 Å². The maximum absolute atomic E-state index is 12.5. The van der Waals surface area contributed by atoms with Crippen LogP contribution in [0.5, 0.6) is 5.75 Å². The van der Waals surface area contributed by atoms with Gasteiger partial charge >= 0.3 is 6.18 Å². The lowest BCUT2D eigenvalue weighted by Crippen LogP contribution is -2.13. The van der Waals surface area contributed by atoms with Crippen molar-refractivity contribution in [3.8, 4) is 5.75 Å². The molecule has 0 radical (unpaired) electrons. The molecule has 0 bridgehead atoms. The molecule has 0 heterocycles. The van der Waals surface area contributed by atoms with Gasteiger partial charge in [-0.1, -0.05) is 0 Å². The van der Waals surface area contributed by atoms with Crippen LogP contribution in [0, 0.1) is 0 Å². The minimum absolute atomic E-state index is 0.0354. The lowest BCUT2D eigenvalue weighted by Gasteiger charge is -2.16. The van der Waals surface area contributed by atoms with Crippen LogP contribution in [-0.2, 0) is 17.5 Å². The first-order valence-electron chi connectivity index (χ1n) is 4.40. The van der Waals surface area contributed by atoms with Crippen molar-refractivity contribution in [2.45, 2.75) is 6.18 Å². The molecule has 17 heavy (non-hydrogen) atoms. The summed E-state index contributed by atoms with van der Waals surface area (Å²) in [6.07, 6.45) is -3.23. The van der Waals surface area contributed by atoms with E-state index >= 15 is 0 Å². The molecular weight excluding hydrogens is 257 g/mol. The zero-order chi connectivity index (χ0) is 13.2. The molecule has 4 nitrogen and oxygen atoms in total. The lowest BCUT2D eigenvalue weighted by atomic mass is 10.1. The first-order chi connectivity index (χ1) is 7.75. The van der Waals surface area contributed by atoms with Crippen molar-refractivity contribution in [3.63, 3.8) is 0 Å². The Morgan fingerprint density at radius 1 is 1.41 bits per heavy atom. The average molecular weight is 268 g/mol. The van der Waals surface area contributed by atoms with E-state index in [1.165, 1.54) is 13.4 Å². The van der Waals surface area contributed by atoms with Crippen LogP contribution >= 0.6 is 0 Å². The van der Waals surface area contributed by atoms with E-state index in [1.807, 2.05) is 0 Å². The van der Waals surface area contributed by atoms with E-state index in [-0.39, 0.29) is 17.1 Å². The Hall–Kier alpha value is -1.28. The topological polar surface area (TPSA) is 70.3 Å². The Morgan fingerprint density at radius 2 is 2.00 bits per heavy atom. The molecule has 1 aromatic carbocycles. The number of anilines is 2. The number of ether oxygens (including phenoxy) is 1. The average Bonchev–Trinajstić information content (AvgIpc) is 2.14. The van der Waals surface area contributed by atoms with E-state index in [0.29, 0.717) is 0 Å². The van der Waals surface area contributed by atoms with Gasteiger partial charge in [-0.3, -0.25) is 0 Å². The van der Waals surface area contributed by atoms with Gasteiger partial charge in [0.2, 0.25) is 0 Å². The van der Waals surface area contributed by atoms with E-state index in [0.717, 1.165) is 12.1 Å². The van der Waals surface area contributed by atoms with Crippen molar-refractivity contribution < 1.29 is 22.5 Å². The number of nitrogens with one attached hydrogen (secondary N) is 1. The van der Waals surface area contributed by atoms with Gasteiger partial charge in [-0.15, -0.1) is 0 Å². The van der Waals surface area contributed by atoms with E-state index in [1.54, 1.807) is 0 Å². The molecule has 0 amide bonds. The third kappa shape index (κ3) is 3.34. The van der Waals surface area contributed by atoms with Crippen LogP contribution in [-0.4, -0.2) is 17.9 Å². The standard InChI is InChI=1S/C9H11F3N2O2S/c1-16-8-6(13)3-5(9(10,11)12)4-7(8)14-17(2)15/h3-4,14H,13H2,1-2H3. The van der Waals surface area contributed by atoms with Gasteiger partial charge in [0.25, 0.3) is 0 Å². The van der Waals surface area contributed by atoms with Crippen molar-refractivity contribution in [1.29, 1.82) is 0 Å². The quantitative estimate of drug-likeness (QED) is 0.649. The highest BCUT2D eigenvalue weighted by Crippen LogP contribution is 2.39. The summed E-state index contributed by atoms with van der Waals surface area (Å²) < 4.78 is 55.7. The lowest BCUT2D eigenvalue weighted by molar-refractivity contribution is -0.137. The molecule has 3 N–H and O–H groups in total. The summed E-state index contributed by atoms with van der Waals surface area (Å²) in [6, 6.07) is 1.57. The third-order valence-corrected chi connectivity index (χ3v) is 2.41. The minimum atomic E-state index is -4.52. The molecule has 0 fully saturated rings. The maximum atomic E-state index is 12.5. The molecule has 8 heteroatoms. The highest BCUT2D eigenvalue weighted by Gasteiger charge is 2.32. The molecule has 1 aromatic rings. The van der Waals surface area contributed by atoms with Gasteiger partial charge in [-0.05, 0) is 12.1 Å². The summed E-state index contributed by atoms with van der Waals surface area (Å²) >= 11 is -1.52. The largest absolute Gasteiger partial charge is 0.593 e. The summed E-state index contributed by atoms with van der Waals surface area (Å²) in [5, 5.41) is 0. The van der Waals surface area contributed by atoms with E-state index in [2.05, 4.69) is 4.72 Å². The molecule has 0 aromatic heterocycles. The fourth-order valence-corrected chi connectivity index (χ4v) is 1.73. The summed E-state index contributed by atoms with van der Waals surface area (Å²) in [4.78, 5) is 0. The number of nitrogens with two attached hydrogens (primary N) is 1. The Labute approximate surface area is 99.3 Å². The summed E-state index contributed by atoms with van der Waals surface area (Å²) in [5.74, 6) is 0.0354. The van der Waals surface area contributed by atoms with Crippen molar-refractivity contribution in [2.24, 2.45) is 0 Å². The van der Waals surface area contributed by atoms with Crippen molar-refractivity contribution >= 4 is 22.7 Å². The van der Waals surface area contributed by atoms with Gasteiger partial charge < -0.3 is 15.0 Å². The van der Waals surface area contributed by atoms with Gasteiger partial charge in [0.1, 0.15) is 11.9 Å². The molecule has 0 spiro atoms. The summed E-state index contributed by atoms with van der Waals surface area (Å²) in [7, 11) is 1.27. The van der Waals surface area contributed by atoms with Crippen LogP contribution in [0.4, 0.5) is 24.5 Å². The molecule has 96 valence electrons. The van der Waals surface area contributed by atoms with Gasteiger partial charge in [0.05, 0.1) is 29.7 Å². The number of rotatable bonds is 3. The Morgan fingerprint density at radius 3 is 2.41 bits per heavy atom. The first kappa shape index (κ1) is 13.8. The van der Waals surface area contributed by atoms with Crippen LogP contribution < -0.4 is 15.2 Å². The first-order valence-corrected chi connectivity index (χ1v) is 5.96. The van der Waals surface area contributed by atoms with Gasteiger partial charge in [0, 0.05) is 0 Å². The van der Waals surface area contributed by atoms with E-state index in [4.69, 9.17) is 10.5 Å². The molecular formula is C9H11F3N2O2S. The number of nitrogen functional groups attached to an aromatic ring is 1. The second kappa shape index (κ2) is 4.92. The van der Waals surface area contributed by atoms with Gasteiger partial charge in [-0.2, -0.15) is 13.2 Å². The SMILES string of the molecule is COc1c(N)cc(C(F)(F)F)cc1N[S+](C)[O-]. The Balaban J connectivity index is 3.28. The zero-order valence-electron chi connectivity index (χ0n) is 9.09. The van der Waals surface area contributed by atoms with Crippen LogP contribution in [0.3, 0.4) is 0 Å². The fourth-order valence-electron chi connectivity index (χ4n) is 1.27. The molecule has 0 aliphatic heterocycles. The van der Waals surface area contributed by atoms with Gasteiger partial charge in [-0.25, -0.2) is 4.72 Å². The van der Waals surface area contributed by atoms with Crippen molar-refractivity contribution in [3.05, 3.63) is 17.7 Å². The predicted octanol–water partition coefficient (Wildman–Crippen LogP) is 2.00. The summed E-state index contributed by atoms with van der Waals surface area (Å²) in [5.41, 5.74) is 4.29. The second-order valence-electron chi connectivity index (χ2n) is 3.20. The monoisotopic (exact) mass is 268 g/mol. The highest BCUT2D eigenvalue weighted by molar-refractivity contribution is 7.92. The predicted molar refractivity (Wildman–Crippen MR) is 60.1 cm³/mol. The van der Waals surface area contributed by atoms with E-state index < -0.39 is 23.1 Å². The molecule has 1 atom stereocenters. The minimum Gasteiger partial charge on any atom is -0.593 e. The summed E-state index contributed by atoms with van der Waals surface area (Å²) in [6.45, 7) is 0. The maximum Gasteiger partial charge on any atom is 0.416 e. The third-order valence-electron chi connectivity index (χ3n) is 1.90. The zero-order valence-corrected chi connectivity index (χ0v) is 9.91. The number of halogens is 3. The molecule has 1 unspecified atom stereocenters. The van der Waals surface area contributed by atoms with Crippen molar-refractivity contribution in [2.75, 3.05) is 23.8 Å². The number of benzene rings is 1. The Bertz CT molecular complexity index is 410. The second-order valence-corrected chi connectivity index (χ2v) is 4.31. The fraction of sp³-hybridized carbons (Fsp3) is 0.333. The molecule has 0 aliphatic rings. The highest BCUT2D eigenvalue weighted by atomic mass is 32.2. The molecule has 0 saturated heterocycles. The van der Waals surface area contributed by atoms with Crippen molar-refractivity contribution in [1.82, 2.24) is 0 Å². The van der Waals surface area contributed by atoms with Crippen LogP contribution in [0.1, 0.15) is 5.56 Å². The molecule has 1 rings (SSSR count). The number of methoxy groups -OCH3 is 1. The van der Waals surface area contributed by atoms with Crippen LogP contribution in [0.25, 0.3) is 0 Å². The van der Waals surface area contributed by atoms with Crippen LogP contribution in [0.15, 0.2) is 12.1 Å². The number of hydrogen-bond acceptors (Lipinski definition) is 4.